The van der Waals surface area contributed by atoms with Crippen molar-refractivity contribution < 1.29 is 24.5 Å². The summed E-state index contributed by atoms with van der Waals surface area (Å²) in [4.78, 5) is 23.8. The Morgan fingerprint density at radius 2 is 1.90 bits per heavy atom. The molecule has 0 amide bonds. The second-order valence-electron chi connectivity index (χ2n) is 4.18. The van der Waals surface area contributed by atoms with Crippen LogP contribution in [-0.4, -0.2) is 41.5 Å². The lowest BCUT2D eigenvalue weighted by Crippen LogP contribution is -2.44. The van der Waals surface area contributed by atoms with Crippen molar-refractivity contribution in [3.05, 3.63) is 42.5 Å². The molecule has 0 bridgehead atoms. The van der Waals surface area contributed by atoms with Gasteiger partial charge in [-0.2, -0.15) is 0 Å². The average molecular weight is 295 g/mol. The van der Waals surface area contributed by atoms with Gasteiger partial charge in [-0.3, -0.25) is 4.79 Å². The van der Waals surface area contributed by atoms with Crippen molar-refractivity contribution in [2.45, 2.75) is 20.6 Å². The van der Waals surface area contributed by atoms with E-state index in [1.807, 2.05) is 0 Å². The van der Waals surface area contributed by atoms with Crippen molar-refractivity contribution in [3.8, 4) is 0 Å². The van der Waals surface area contributed by atoms with Crippen LogP contribution in [0, 0.1) is 0 Å². The van der Waals surface area contributed by atoms with E-state index in [0.717, 1.165) is 0 Å². The summed E-state index contributed by atoms with van der Waals surface area (Å²) in [6.07, 6.45) is -1.09. The number of carboxylic acids is 1. The van der Waals surface area contributed by atoms with Crippen LogP contribution in [0.3, 0.4) is 0 Å². The van der Waals surface area contributed by atoms with E-state index >= 15 is 0 Å². The number of aliphatic hydroxyl groups is 1. The van der Waals surface area contributed by atoms with E-state index in [9.17, 15) is 14.7 Å². The van der Waals surface area contributed by atoms with Gasteiger partial charge in [-0.05, 0) is 19.1 Å². The van der Waals surface area contributed by atoms with Gasteiger partial charge in [-0.15, -0.1) is 0 Å². The normalized spacial score (nSPS) is 11.0. The Hall–Kier alpha value is -2.34. The maximum Gasteiger partial charge on any atom is 0.335 e. The number of ether oxygens (including phenoxy) is 1. The molecule has 1 rings (SSSR count). The second-order valence-corrected chi connectivity index (χ2v) is 4.18. The van der Waals surface area contributed by atoms with Gasteiger partial charge in [0, 0.05) is 11.3 Å². The number of aliphatic carboxylic acids is 1. The summed E-state index contributed by atoms with van der Waals surface area (Å²) in [6, 6.07) is 8.55. The molecule has 6 heteroatoms. The highest BCUT2D eigenvalue weighted by molar-refractivity contribution is 5.87. The van der Waals surface area contributed by atoms with Crippen molar-refractivity contribution in [2.24, 2.45) is 0 Å². The molecule has 6 nitrogen and oxygen atoms in total. The highest BCUT2D eigenvalue weighted by Crippen LogP contribution is 2.17. The molecular formula is C15H21NO5. The van der Waals surface area contributed by atoms with Gasteiger partial charge < -0.3 is 19.8 Å². The Labute approximate surface area is 124 Å². The van der Waals surface area contributed by atoms with E-state index < -0.39 is 31.3 Å². The van der Waals surface area contributed by atoms with Crippen LogP contribution in [0.5, 0.6) is 0 Å². The predicted molar refractivity (Wildman–Crippen MR) is 79.9 cm³/mol. The van der Waals surface area contributed by atoms with E-state index in [0.29, 0.717) is 5.69 Å². The molecule has 0 aliphatic carbocycles. The lowest BCUT2D eigenvalue weighted by molar-refractivity contribution is -0.147. The van der Waals surface area contributed by atoms with Crippen molar-refractivity contribution >= 4 is 17.6 Å². The van der Waals surface area contributed by atoms with E-state index in [1.54, 1.807) is 30.3 Å². The fraction of sp³-hybridized carbons (Fsp3) is 0.333. The molecule has 0 aliphatic heterocycles. The molecule has 2 N–H and O–H groups in total. The van der Waals surface area contributed by atoms with E-state index in [4.69, 9.17) is 9.84 Å². The van der Waals surface area contributed by atoms with Gasteiger partial charge in [-0.25, -0.2) is 4.79 Å². The Morgan fingerprint density at radius 3 is 2.33 bits per heavy atom. The smallest absolute Gasteiger partial charge is 0.335 e. The number of aliphatic hydroxyl groups excluding tert-OH is 1. The van der Waals surface area contributed by atoms with Gasteiger partial charge in [-0.1, -0.05) is 32.2 Å². The molecule has 21 heavy (non-hydrogen) atoms. The molecule has 1 aromatic carbocycles. The number of rotatable bonds is 7. The third-order valence-corrected chi connectivity index (χ3v) is 2.49. The topological polar surface area (TPSA) is 87.1 Å². The van der Waals surface area contributed by atoms with E-state index in [1.165, 1.54) is 11.8 Å². The van der Waals surface area contributed by atoms with Crippen molar-refractivity contribution in [1.82, 2.24) is 0 Å². The lowest BCUT2D eigenvalue weighted by Gasteiger charge is -2.30. The minimum atomic E-state index is -1.10. The fourth-order valence-corrected chi connectivity index (χ4v) is 1.55. The monoisotopic (exact) mass is 295 g/mol. The van der Waals surface area contributed by atoms with Crippen molar-refractivity contribution in [1.29, 1.82) is 0 Å². The first-order chi connectivity index (χ1) is 9.45. The summed E-state index contributed by atoms with van der Waals surface area (Å²) in [5.74, 6) is -1.78. The summed E-state index contributed by atoms with van der Waals surface area (Å²) in [7, 11) is 0. The number of nitrogens with zero attached hydrogens (tertiary/aromatic N) is 1. The Kier molecular flexibility index (Phi) is 7.78. The molecule has 116 valence electrons. The van der Waals surface area contributed by atoms with Gasteiger partial charge >= 0.3 is 11.9 Å². The van der Waals surface area contributed by atoms with Crippen LogP contribution in [-0.2, 0) is 14.3 Å². The number of hydrogen-bond donors (Lipinski definition) is 2. The van der Waals surface area contributed by atoms with Crippen LogP contribution in [0.4, 0.5) is 5.69 Å². The highest BCUT2D eigenvalue weighted by Gasteiger charge is 2.24. The minimum absolute atomic E-state index is 0. The Balaban J connectivity index is 0.00000400. The van der Waals surface area contributed by atoms with Gasteiger partial charge in [0.1, 0.15) is 6.54 Å². The van der Waals surface area contributed by atoms with Crippen LogP contribution in [0.25, 0.3) is 0 Å². The standard InChI is InChI=1S/C14H17NO5.CH4/c1-10(2)14(19)20-12(9-16)15(8-13(17)18)11-6-4-3-5-7-11;/h3-7,12,16H,1,8-9H2,2H3,(H,17,18);1H4. The number of carboxylic acid groups (broad SMARTS) is 1. The van der Waals surface area contributed by atoms with E-state index in [-0.39, 0.29) is 13.0 Å². The largest absolute Gasteiger partial charge is 0.480 e. The van der Waals surface area contributed by atoms with Crippen LogP contribution in [0.15, 0.2) is 42.5 Å². The summed E-state index contributed by atoms with van der Waals surface area (Å²) >= 11 is 0. The quantitative estimate of drug-likeness (QED) is 0.452. The van der Waals surface area contributed by atoms with Gasteiger partial charge in [0.05, 0.1) is 6.61 Å². The minimum Gasteiger partial charge on any atom is -0.480 e. The number of anilines is 1. The van der Waals surface area contributed by atoms with Crippen molar-refractivity contribution in [2.75, 3.05) is 18.1 Å². The van der Waals surface area contributed by atoms with Crippen molar-refractivity contribution in [3.63, 3.8) is 0 Å². The van der Waals surface area contributed by atoms with Gasteiger partial charge in [0.2, 0.25) is 0 Å². The zero-order valence-electron chi connectivity index (χ0n) is 11.2. The van der Waals surface area contributed by atoms with Gasteiger partial charge in [0.25, 0.3) is 0 Å². The average Bonchev–Trinajstić information content (AvgIpc) is 2.42. The van der Waals surface area contributed by atoms with Crippen LogP contribution < -0.4 is 4.90 Å². The molecule has 0 radical (unpaired) electrons. The number of para-hydroxylation sites is 1. The van der Waals surface area contributed by atoms with Crippen LogP contribution >= 0.6 is 0 Å². The summed E-state index contributed by atoms with van der Waals surface area (Å²) < 4.78 is 5.05. The molecule has 0 saturated carbocycles. The first kappa shape index (κ1) is 18.7. The zero-order valence-corrected chi connectivity index (χ0v) is 11.2. The molecule has 1 unspecified atom stereocenters. The summed E-state index contributed by atoms with van der Waals surface area (Å²) in [5.41, 5.74) is 0.704. The van der Waals surface area contributed by atoms with Crippen LogP contribution in [0.2, 0.25) is 0 Å². The fourth-order valence-electron chi connectivity index (χ4n) is 1.55. The summed E-state index contributed by atoms with van der Waals surface area (Å²) in [6.45, 7) is 3.99. The highest BCUT2D eigenvalue weighted by atomic mass is 16.6. The number of esters is 1. The molecule has 1 aromatic rings. The molecule has 0 saturated heterocycles. The number of carbonyl (C=O) groups is 2. The summed E-state index contributed by atoms with van der Waals surface area (Å²) in [5, 5.41) is 18.3. The Bertz CT molecular complexity index is 486. The maximum absolute atomic E-state index is 11.5. The third-order valence-electron chi connectivity index (χ3n) is 2.49. The van der Waals surface area contributed by atoms with Crippen LogP contribution in [0.1, 0.15) is 14.4 Å². The van der Waals surface area contributed by atoms with Gasteiger partial charge in [0.15, 0.2) is 6.23 Å². The maximum atomic E-state index is 11.5. The van der Waals surface area contributed by atoms with E-state index in [2.05, 4.69) is 6.58 Å². The number of carbonyl (C=O) groups excluding carboxylic acids is 1. The molecule has 0 heterocycles. The number of benzene rings is 1. The first-order valence-corrected chi connectivity index (χ1v) is 5.96. The lowest BCUT2D eigenvalue weighted by atomic mass is 10.2. The SMILES string of the molecule is C.C=C(C)C(=O)OC(CO)N(CC(=O)O)c1ccccc1. The third kappa shape index (κ3) is 5.66. The molecular weight excluding hydrogens is 274 g/mol. The Morgan fingerprint density at radius 1 is 1.33 bits per heavy atom. The zero-order chi connectivity index (χ0) is 15.1. The number of hydrogen-bond acceptors (Lipinski definition) is 5. The first-order valence-electron chi connectivity index (χ1n) is 5.96. The molecule has 0 aromatic heterocycles. The second kappa shape index (κ2) is 8.76. The predicted octanol–water partition coefficient (Wildman–Crippen LogP) is 1.65. The molecule has 0 spiro atoms. The molecule has 1 atom stereocenters. The molecule has 0 aliphatic rings. The molecule has 0 fully saturated rings.